The van der Waals surface area contributed by atoms with Crippen LogP contribution in [0.2, 0.25) is 0 Å². The topological polar surface area (TPSA) is 66.0 Å². The molecule has 114 valence electrons. The molecular formula is C16H18N4OS. The van der Waals surface area contributed by atoms with Gasteiger partial charge in [-0.25, -0.2) is 4.68 Å². The van der Waals surface area contributed by atoms with Crippen LogP contribution in [0.5, 0.6) is 5.75 Å². The molecule has 0 bridgehead atoms. The fourth-order valence-electron chi connectivity index (χ4n) is 2.21. The number of rotatable bonds is 6. The first-order valence-corrected chi connectivity index (χ1v) is 8.01. The lowest BCUT2D eigenvalue weighted by Gasteiger charge is -2.08. The Morgan fingerprint density at radius 3 is 2.73 bits per heavy atom. The average molecular weight is 314 g/mol. The zero-order chi connectivity index (χ0) is 15.4. The van der Waals surface area contributed by atoms with Gasteiger partial charge in [0.1, 0.15) is 23.7 Å². The van der Waals surface area contributed by atoms with Gasteiger partial charge >= 0.3 is 0 Å². The average Bonchev–Trinajstić information content (AvgIpc) is 3.17. The zero-order valence-electron chi connectivity index (χ0n) is 12.4. The summed E-state index contributed by atoms with van der Waals surface area (Å²) in [5.41, 5.74) is 8.79. The fraction of sp³-hybridized carbons (Fsp3) is 0.250. The van der Waals surface area contributed by atoms with Crippen molar-refractivity contribution in [3.8, 4) is 16.3 Å². The van der Waals surface area contributed by atoms with Gasteiger partial charge in [-0.05, 0) is 30.5 Å². The third-order valence-electron chi connectivity index (χ3n) is 3.35. The van der Waals surface area contributed by atoms with Gasteiger partial charge in [0.05, 0.1) is 11.4 Å². The van der Waals surface area contributed by atoms with Gasteiger partial charge in [-0.2, -0.15) is 0 Å². The van der Waals surface area contributed by atoms with Gasteiger partial charge in [-0.15, -0.1) is 16.4 Å². The molecule has 2 aromatic heterocycles. The van der Waals surface area contributed by atoms with E-state index in [-0.39, 0.29) is 0 Å². The molecular weight excluding hydrogens is 296 g/mol. The minimum Gasteiger partial charge on any atom is -0.492 e. The van der Waals surface area contributed by atoms with Crippen LogP contribution in [-0.4, -0.2) is 21.6 Å². The van der Waals surface area contributed by atoms with Crippen LogP contribution < -0.4 is 10.5 Å². The van der Waals surface area contributed by atoms with Gasteiger partial charge in [0.2, 0.25) is 0 Å². The van der Waals surface area contributed by atoms with Crippen LogP contribution in [-0.2, 0) is 13.1 Å². The maximum absolute atomic E-state index is 5.76. The van der Waals surface area contributed by atoms with E-state index < -0.39 is 0 Å². The van der Waals surface area contributed by atoms with Crippen LogP contribution in [0.3, 0.4) is 0 Å². The lowest BCUT2D eigenvalue weighted by molar-refractivity contribution is 0.290. The lowest BCUT2D eigenvalue weighted by atomic mass is 10.2. The molecule has 0 atom stereocenters. The maximum Gasteiger partial charge on any atom is 0.119 e. The predicted octanol–water partition coefficient (Wildman–Crippen LogP) is 2.85. The largest absolute Gasteiger partial charge is 0.492 e. The molecule has 6 heteroatoms. The van der Waals surface area contributed by atoms with Gasteiger partial charge in [-0.1, -0.05) is 29.0 Å². The Kier molecular flexibility index (Phi) is 4.50. The monoisotopic (exact) mass is 314 g/mol. The second-order valence-electron chi connectivity index (χ2n) is 4.95. The van der Waals surface area contributed by atoms with Gasteiger partial charge in [0, 0.05) is 6.54 Å². The van der Waals surface area contributed by atoms with E-state index in [1.165, 1.54) is 5.56 Å². The highest BCUT2D eigenvalue weighted by Gasteiger charge is 2.14. The van der Waals surface area contributed by atoms with Gasteiger partial charge < -0.3 is 10.5 Å². The van der Waals surface area contributed by atoms with Crippen molar-refractivity contribution in [2.45, 2.75) is 20.0 Å². The summed E-state index contributed by atoms with van der Waals surface area (Å²) in [5.74, 6) is 0.863. The van der Waals surface area contributed by atoms with Crippen molar-refractivity contribution in [2.24, 2.45) is 5.73 Å². The third kappa shape index (κ3) is 3.18. The smallest absolute Gasteiger partial charge is 0.119 e. The van der Waals surface area contributed by atoms with Crippen LogP contribution in [0.4, 0.5) is 0 Å². The predicted molar refractivity (Wildman–Crippen MR) is 87.9 cm³/mol. The van der Waals surface area contributed by atoms with E-state index in [4.69, 9.17) is 10.5 Å². The van der Waals surface area contributed by atoms with E-state index in [0.29, 0.717) is 19.7 Å². The number of ether oxygens (including phenoxy) is 1. The lowest BCUT2D eigenvalue weighted by Crippen LogP contribution is -2.11. The molecule has 1 aromatic carbocycles. The normalized spacial score (nSPS) is 10.8. The maximum atomic E-state index is 5.76. The van der Waals surface area contributed by atoms with Gasteiger partial charge in [0.15, 0.2) is 0 Å². The van der Waals surface area contributed by atoms with Crippen molar-refractivity contribution < 1.29 is 4.74 Å². The van der Waals surface area contributed by atoms with Crippen LogP contribution in [0.15, 0.2) is 41.8 Å². The van der Waals surface area contributed by atoms with E-state index in [0.717, 1.165) is 22.0 Å². The number of aryl methyl sites for hydroxylation is 1. The quantitative estimate of drug-likeness (QED) is 0.760. The van der Waals surface area contributed by atoms with Gasteiger partial charge in [0.25, 0.3) is 0 Å². The number of nitrogens with two attached hydrogens (primary N) is 1. The number of hydrogen-bond acceptors (Lipinski definition) is 5. The molecule has 0 saturated heterocycles. The van der Waals surface area contributed by atoms with Crippen LogP contribution in [0, 0.1) is 6.92 Å². The standard InChI is InChI=1S/C16H18N4OS/c1-12-4-6-13(7-5-12)21-9-8-20-16(14(11-17)18-19-20)15-3-2-10-22-15/h2-7,10H,8-9,11,17H2,1H3. The summed E-state index contributed by atoms with van der Waals surface area (Å²) in [4.78, 5) is 1.13. The number of aromatic nitrogens is 3. The Hall–Kier alpha value is -2.18. The number of benzene rings is 1. The van der Waals surface area contributed by atoms with Crippen LogP contribution in [0.25, 0.3) is 10.6 Å². The molecule has 0 fully saturated rings. The first-order valence-electron chi connectivity index (χ1n) is 7.13. The second kappa shape index (κ2) is 6.72. The SMILES string of the molecule is Cc1ccc(OCCn2nnc(CN)c2-c2cccs2)cc1. The molecule has 0 aliphatic carbocycles. The van der Waals surface area contributed by atoms with Crippen molar-refractivity contribution in [3.63, 3.8) is 0 Å². The molecule has 0 amide bonds. The van der Waals surface area contributed by atoms with Crippen molar-refractivity contribution in [2.75, 3.05) is 6.61 Å². The Morgan fingerprint density at radius 1 is 1.23 bits per heavy atom. The summed E-state index contributed by atoms with van der Waals surface area (Å²) in [5, 5.41) is 10.4. The molecule has 2 N–H and O–H groups in total. The van der Waals surface area contributed by atoms with E-state index >= 15 is 0 Å². The highest BCUT2D eigenvalue weighted by molar-refractivity contribution is 7.13. The molecule has 0 spiro atoms. The number of hydrogen-bond donors (Lipinski definition) is 1. The second-order valence-corrected chi connectivity index (χ2v) is 5.90. The van der Waals surface area contributed by atoms with Crippen molar-refractivity contribution >= 4 is 11.3 Å². The van der Waals surface area contributed by atoms with Crippen LogP contribution in [0.1, 0.15) is 11.3 Å². The van der Waals surface area contributed by atoms with Crippen molar-refractivity contribution in [1.29, 1.82) is 0 Å². The molecule has 2 heterocycles. The first-order chi connectivity index (χ1) is 10.8. The summed E-state index contributed by atoms with van der Waals surface area (Å²) in [6, 6.07) is 12.1. The number of thiophene rings is 1. The Bertz CT molecular complexity index is 719. The molecule has 3 aromatic rings. The molecule has 0 aliphatic rings. The highest BCUT2D eigenvalue weighted by Crippen LogP contribution is 2.26. The molecule has 22 heavy (non-hydrogen) atoms. The molecule has 0 radical (unpaired) electrons. The van der Waals surface area contributed by atoms with E-state index in [1.54, 1.807) is 11.3 Å². The molecule has 3 rings (SSSR count). The minimum absolute atomic E-state index is 0.381. The minimum atomic E-state index is 0.381. The Labute approximate surface area is 133 Å². The molecule has 5 nitrogen and oxygen atoms in total. The van der Waals surface area contributed by atoms with Crippen LogP contribution >= 0.6 is 11.3 Å². The van der Waals surface area contributed by atoms with Crippen molar-refractivity contribution in [3.05, 3.63) is 53.0 Å². The summed E-state index contributed by atoms with van der Waals surface area (Å²) >= 11 is 1.66. The van der Waals surface area contributed by atoms with E-state index in [9.17, 15) is 0 Å². The summed E-state index contributed by atoms with van der Waals surface area (Å²) in [7, 11) is 0. The number of nitrogens with zero attached hydrogens (tertiary/aromatic N) is 3. The fourth-order valence-corrected chi connectivity index (χ4v) is 3.01. The summed E-state index contributed by atoms with van der Waals surface area (Å²) in [6.07, 6.45) is 0. The molecule has 0 saturated carbocycles. The molecule has 0 unspecified atom stereocenters. The van der Waals surface area contributed by atoms with Gasteiger partial charge in [-0.3, -0.25) is 0 Å². The zero-order valence-corrected chi connectivity index (χ0v) is 13.2. The first kappa shape index (κ1) is 14.7. The van der Waals surface area contributed by atoms with E-state index in [1.807, 2.05) is 40.4 Å². The third-order valence-corrected chi connectivity index (χ3v) is 4.22. The highest BCUT2D eigenvalue weighted by atomic mass is 32.1. The molecule has 0 aliphatic heterocycles. The van der Waals surface area contributed by atoms with Crippen molar-refractivity contribution in [1.82, 2.24) is 15.0 Å². The van der Waals surface area contributed by atoms with E-state index in [2.05, 4.69) is 23.3 Å². The summed E-state index contributed by atoms with van der Waals surface area (Å²) in [6.45, 7) is 3.61. The summed E-state index contributed by atoms with van der Waals surface area (Å²) < 4.78 is 7.63. The Balaban J connectivity index is 1.70. The Morgan fingerprint density at radius 2 is 2.05 bits per heavy atom.